The topological polar surface area (TPSA) is 29.9 Å². The van der Waals surface area contributed by atoms with Gasteiger partial charge in [0.05, 0.1) is 12.6 Å². The van der Waals surface area contributed by atoms with E-state index >= 15 is 0 Å². The summed E-state index contributed by atoms with van der Waals surface area (Å²) in [5, 5.41) is 6.90. The highest BCUT2D eigenvalue weighted by atomic mass is 19.4. The minimum Gasteiger partial charge on any atom is -0.309 e. The Labute approximate surface area is 121 Å². The lowest BCUT2D eigenvalue weighted by Crippen LogP contribution is -2.26. The van der Waals surface area contributed by atoms with Crippen molar-refractivity contribution >= 4 is 0 Å². The molecule has 0 aliphatic rings. The lowest BCUT2D eigenvalue weighted by Gasteiger charge is -2.20. The van der Waals surface area contributed by atoms with Crippen molar-refractivity contribution in [3.8, 4) is 0 Å². The highest BCUT2D eigenvalue weighted by Crippen LogP contribution is 2.27. The van der Waals surface area contributed by atoms with Crippen LogP contribution in [0.5, 0.6) is 0 Å². The van der Waals surface area contributed by atoms with Gasteiger partial charge in [0.2, 0.25) is 0 Å². The third kappa shape index (κ3) is 3.85. The Balaban J connectivity index is 2.21. The number of aryl methyl sites for hydroxylation is 1. The van der Waals surface area contributed by atoms with Crippen LogP contribution in [0, 0.1) is 6.92 Å². The Morgan fingerprint density at radius 3 is 2.52 bits per heavy atom. The van der Waals surface area contributed by atoms with Crippen molar-refractivity contribution in [3.63, 3.8) is 0 Å². The third-order valence-corrected chi connectivity index (χ3v) is 3.32. The summed E-state index contributed by atoms with van der Waals surface area (Å²) in [5.41, 5.74) is 1.32. The summed E-state index contributed by atoms with van der Waals surface area (Å²) in [6.07, 6.45) is -3.03. The molecule has 0 radical (unpaired) electrons. The zero-order chi connectivity index (χ0) is 15.5. The maximum atomic E-state index is 12.6. The van der Waals surface area contributed by atoms with Gasteiger partial charge in [-0.2, -0.15) is 18.3 Å². The van der Waals surface area contributed by atoms with Gasteiger partial charge >= 0.3 is 6.18 Å². The van der Waals surface area contributed by atoms with Crippen LogP contribution in [0.1, 0.15) is 29.8 Å². The third-order valence-electron chi connectivity index (χ3n) is 3.32. The van der Waals surface area contributed by atoms with E-state index < -0.39 is 11.9 Å². The summed E-state index contributed by atoms with van der Waals surface area (Å²) in [4.78, 5) is 0. The average molecular weight is 297 g/mol. The van der Waals surface area contributed by atoms with Gasteiger partial charge in [-0.05, 0) is 30.7 Å². The first kappa shape index (κ1) is 15.6. The molecule has 1 heterocycles. The molecular weight excluding hydrogens is 279 g/mol. The van der Waals surface area contributed by atoms with Crippen molar-refractivity contribution in [2.24, 2.45) is 0 Å². The summed E-state index contributed by atoms with van der Waals surface area (Å²) in [6.45, 7) is 5.04. The van der Waals surface area contributed by atoms with E-state index in [0.717, 1.165) is 23.7 Å². The lowest BCUT2D eigenvalue weighted by molar-refractivity contribution is -0.141. The molecule has 0 spiro atoms. The molecule has 114 valence electrons. The smallest absolute Gasteiger partial charge is 0.309 e. The number of halogens is 3. The summed E-state index contributed by atoms with van der Waals surface area (Å²) in [5.74, 6) is 0. The normalized spacial score (nSPS) is 13.4. The van der Waals surface area contributed by atoms with Gasteiger partial charge < -0.3 is 5.32 Å². The van der Waals surface area contributed by atoms with Gasteiger partial charge in [0.1, 0.15) is 0 Å². The van der Waals surface area contributed by atoms with Gasteiger partial charge in [0.15, 0.2) is 5.69 Å². The Morgan fingerprint density at radius 2 is 1.95 bits per heavy atom. The number of alkyl halides is 3. The molecule has 0 fully saturated rings. The Bertz CT molecular complexity index is 590. The van der Waals surface area contributed by atoms with E-state index in [4.69, 9.17) is 0 Å². The van der Waals surface area contributed by atoms with E-state index in [-0.39, 0.29) is 6.04 Å². The van der Waals surface area contributed by atoms with Crippen LogP contribution in [0.2, 0.25) is 0 Å². The SMILES string of the molecule is CCNC(Cn1ccc(C(F)(F)F)n1)c1ccccc1C. The fourth-order valence-corrected chi connectivity index (χ4v) is 2.30. The molecule has 1 aromatic carbocycles. The molecule has 0 bridgehead atoms. The first-order valence-corrected chi connectivity index (χ1v) is 6.81. The number of rotatable bonds is 5. The van der Waals surface area contributed by atoms with E-state index in [2.05, 4.69) is 10.4 Å². The molecule has 1 atom stereocenters. The fraction of sp³-hybridized carbons (Fsp3) is 0.400. The fourth-order valence-electron chi connectivity index (χ4n) is 2.30. The first-order valence-electron chi connectivity index (χ1n) is 6.81. The standard InChI is InChI=1S/C15H18F3N3/c1-3-19-13(12-7-5-4-6-11(12)2)10-21-9-8-14(20-21)15(16,17)18/h4-9,13,19H,3,10H2,1-2H3. The Morgan fingerprint density at radius 1 is 1.24 bits per heavy atom. The van der Waals surface area contributed by atoms with Crippen molar-refractivity contribution in [2.45, 2.75) is 32.6 Å². The molecule has 0 saturated heterocycles. The van der Waals surface area contributed by atoms with Crippen LogP contribution in [0.15, 0.2) is 36.5 Å². The van der Waals surface area contributed by atoms with E-state index in [1.165, 1.54) is 10.9 Å². The molecule has 3 nitrogen and oxygen atoms in total. The summed E-state index contributed by atoms with van der Waals surface area (Å²) in [7, 11) is 0. The molecule has 0 saturated carbocycles. The maximum Gasteiger partial charge on any atom is 0.435 e. The van der Waals surface area contributed by atoms with Crippen LogP contribution < -0.4 is 5.32 Å². The van der Waals surface area contributed by atoms with Gasteiger partial charge in [-0.15, -0.1) is 0 Å². The number of benzene rings is 1. The van der Waals surface area contributed by atoms with Gasteiger partial charge in [0.25, 0.3) is 0 Å². The van der Waals surface area contributed by atoms with Crippen molar-refractivity contribution in [2.75, 3.05) is 6.54 Å². The number of likely N-dealkylation sites (N-methyl/N-ethyl adjacent to an activating group) is 1. The summed E-state index contributed by atoms with van der Waals surface area (Å²) >= 11 is 0. The average Bonchev–Trinajstić information content (AvgIpc) is 2.87. The summed E-state index contributed by atoms with van der Waals surface area (Å²) < 4.78 is 39.1. The van der Waals surface area contributed by atoms with Crippen LogP contribution in [0.25, 0.3) is 0 Å². The van der Waals surface area contributed by atoms with E-state index in [9.17, 15) is 13.2 Å². The number of aromatic nitrogens is 2. The predicted octanol–water partition coefficient (Wildman–Crippen LogP) is 3.56. The predicted molar refractivity (Wildman–Crippen MR) is 74.8 cm³/mol. The minimum atomic E-state index is -4.40. The van der Waals surface area contributed by atoms with Gasteiger partial charge in [-0.3, -0.25) is 4.68 Å². The molecule has 6 heteroatoms. The number of nitrogens with zero attached hydrogens (tertiary/aromatic N) is 2. The molecule has 21 heavy (non-hydrogen) atoms. The monoisotopic (exact) mass is 297 g/mol. The second-order valence-corrected chi connectivity index (χ2v) is 4.89. The highest BCUT2D eigenvalue weighted by molar-refractivity contribution is 5.28. The van der Waals surface area contributed by atoms with Crippen molar-refractivity contribution in [1.82, 2.24) is 15.1 Å². The zero-order valence-electron chi connectivity index (χ0n) is 12.0. The summed E-state index contributed by atoms with van der Waals surface area (Å²) in [6, 6.07) is 8.77. The van der Waals surface area contributed by atoms with E-state index in [1.54, 1.807) is 0 Å². The first-order chi connectivity index (χ1) is 9.91. The van der Waals surface area contributed by atoms with Crippen LogP contribution in [0.3, 0.4) is 0 Å². The van der Waals surface area contributed by atoms with Gasteiger partial charge in [0, 0.05) is 6.20 Å². The molecule has 0 aliphatic carbocycles. The Kier molecular flexibility index (Phi) is 4.67. The molecule has 1 aromatic heterocycles. The van der Waals surface area contributed by atoms with E-state index in [0.29, 0.717) is 6.54 Å². The second kappa shape index (κ2) is 6.30. The maximum absolute atomic E-state index is 12.6. The quantitative estimate of drug-likeness (QED) is 0.914. The largest absolute Gasteiger partial charge is 0.435 e. The van der Waals surface area contributed by atoms with E-state index in [1.807, 2.05) is 38.1 Å². The van der Waals surface area contributed by atoms with Crippen LogP contribution in [0.4, 0.5) is 13.2 Å². The van der Waals surface area contributed by atoms with Gasteiger partial charge in [-0.25, -0.2) is 0 Å². The highest BCUT2D eigenvalue weighted by Gasteiger charge is 2.33. The van der Waals surface area contributed by atoms with Crippen LogP contribution >= 0.6 is 0 Å². The lowest BCUT2D eigenvalue weighted by atomic mass is 10.0. The van der Waals surface area contributed by atoms with Crippen LogP contribution in [-0.2, 0) is 12.7 Å². The zero-order valence-corrected chi connectivity index (χ0v) is 12.0. The Hall–Kier alpha value is -1.82. The molecule has 0 amide bonds. The molecular formula is C15H18F3N3. The molecule has 0 aliphatic heterocycles. The van der Waals surface area contributed by atoms with Gasteiger partial charge in [-0.1, -0.05) is 31.2 Å². The number of hydrogen-bond donors (Lipinski definition) is 1. The molecule has 2 rings (SSSR count). The van der Waals surface area contributed by atoms with Crippen molar-refractivity contribution in [3.05, 3.63) is 53.3 Å². The molecule has 2 aromatic rings. The number of hydrogen-bond acceptors (Lipinski definition) is 2. The molecule has 1 N–H and O–H groups in total. The van der Waals surface area contributed by atoms with Crippen molar-refractivity contribution in [1.29, 1.82) is 0 Å². The number of nitrogens with one attached hydrogen (secondary N) is 1. The van der Waals surface area contributed by atoms with Crippen molar-refractivity contribution < 1.29 is 13.2 Å². The minimum absolute atomic E-state index is 0.0721. The second-order valence-electron chi connectivity index (χ2n) is 4.89. The van der Waals surface area contributed by atoms with Crippen LogP contribution in [-0.4, -0.2) is 16.3 Å². The molecule has 1 unspecified atom stereocenters.